The van der Waals surface area contributed by atoms with E-state index >= 15 is 0 Å². The van der Waals surface area contributed by atoms with Gasteiger partial charge in [0.1, 0.15) is 0 Å². The summed E-state index contributed by atoms with van der Waals surface area (Å²) < 4.78 is 0. The normalized spacial score (nSPS) is 19.3. The van der Waals surface area contributed by atoms with Crippen LogP contribution in [-0.4, -0.2) is 12.6 Å². The quantitative estimate of drug-likeness (QED) is 0.775. The van der Waals surface area contributed by atoms with Crippen molar-refractivity contribution in [3.8, 4) is 0 Å². The van der Waals surface area contributed by atoms with Crippen LogP contribution < -0.4 is 5.32 Å². The zero-order valence-corrected chi connectivity index (χ0v) is 9.65. The molecule has 2 rings (SSSR count). The Morgan fingerprint density at radius 1 is 1.20 bits per heavy atom. The molecule has 0 aliphatic heterocycles. The Morgan fingerprint density at radius 2 is 1.87 bits per heavy atom. The predicted octanol–water partition coefficient (Wildman–Crippen LogP) is 2.30. The topological polar surface area (TPSA) is 16.6 Å². The van der Waals surface area contributed by atoms with E-state index in [2.05, 4.69) is 42.6 Å². The lowest BCUT2D eigenvalue weighted by molar-refractivity contribution is -0.689. The van der Waals surface area contributed by atoms with E-state index in [0.717, 1.165) is 6.04 Å². The molecule has 1 atom stereocenters. The molecule has 0 heterocycles. The molecule has 0 saturated heterocycles. The average Bonchev–Trinajstić information content (AvgIpc) is 2.80. The molecular formula is C14H22N+. The molecule has 15 heavy (non-hydrogen) atoms. The minimum atomic E-state index is 0.687. The van der Waals surface area contributed by atoms with E-state index in [-0.39, 0.29) is 0 Å². The molecule has 1 aromatic rings. The lowest BCUT2D eigenvalue weighted by atomic mass is 10.0. The SMILES string of the molecule is C[C@H](C[NH2+]C1CCCC1)c1ccccc1. The molecule has 0 unspecified atom stereocenters. The molecule has 1 nitrogen and oxygen atoms in total. The molecular weight excluding hydrogens is 182 g/mol. The summed E-state index contributed by atoms with van der Waals surface area (Å²) in [5.74, 6) is 0.687. The lowest BCUT2D eigenvalue weighted by Gasteiger charge is -2.14. The van der Waals surface area contributed by atoms with E-state index in [4.69, 9.17) is 0 Å². The molecule has 1 aliphatic rings. The molecule has 82 valence electrons. The molecule has 0 radical (unpaired) electrons. The Hall–Kier alpha value is -0.820. The third-order valence-electron chi connectivity index (χ3n) is 3.59. The molecule has 1 aromatic carbocycles. The highest BCUT2D eigenvalue weighted by Crippen LogP contribution is 2.16. The number of benzene rings is 1. The van der Waals surface area contributed by atoms with Crippen LogP contribution in [0.3, 0.4) is 0 Å². The minimum absolute atomic E-state index is 0.687. The Kier molecular flexibility index (Phi) is 3.79. The van der Waals surface area contributed by atoms with E-state index in [9.17, 15) is 0 Å². The van der Waals surface area contributed by atoms with Crippen molar-refractivity contribution in [1.82, 2.24) is 0 Å². The third-order valence-corrected chi connectivity index (χ3v) is 3.59. The van der Waals surface area contributed by atoms with Crippen molar-refractivity contribution in [3.05, 3.63) is 35.9 Å². The van der Waals surface area contributed by atoms with Gasteiger partial charge in [-0.3, -0.25) is 0 Å². The summed E-state index contributed by atoms with van der Waals surface area (Å²) in [5, 5.41) is 2.56. The zero-order chi connectivity index (χ0) is 10.5. The van der Waals surface area contributed by atoms with Gasteiger partial charge in [0, 0.05) is 5.92 Å². The number of nitrogens with two attached hydrogens (primary N) is 1. The first-order valence-corrected chi connectivity index (χ1v) is 6.24. The summed E-state index contributed by atoms with van der Waals surface area (Å²) in [4.78, 5) is 0. The van der Waals surface area contributed by atoms with Crippen molar-refractivity contribution in [3.63, 3.8) is 0 Å². The summed E-state index contributed by atoms with van der Waals surface area (Å²) in [5.41, 5.74) is 1.48. The maximum absolute atomic E-state index is 2.56. The van der Waals surface area contributed by atoms with Gasteiger partial charge in [-0.1, -0.05) is 37.3 Å². The Labute approximate surface area is 92.9 Å². The summed E-state index contributed by atoms with van der Waals surface area (Å²) in [7, 11) is 0. The highest BCUT2D eigenvalue weighted by Gasteiger charge is 2.18. The summed E-state index contributed by atoms with van der Waals surface area (Å²) >= 11 is 0. The van der Waals surface area contributed by atoms with E-state index in [1.165, 1.54) is 37.8 Å². The Balaban J connectivity index is 1.79. The molecule has 1 saturated carbocycles. The number of rotatable bonds is 4. The molecule has 0 spiro atoms. The second kappa shape index (κ2) is 5.32. The first-order chi connectivity index (χ1) is 7.36. The van der Waals surface area contributed by atoms with Gasteiger partial charge in [0.2, 0.25) is 0 Å². The smallest absolute Gasteiger partial charge is 0.0859 e. The van der Waals surface area contributed by atoms with Crippen LogP contribution in [0, 0.1) is 0 Å². The highest BCUT2D eigenvalue weighted by molar-refractivity contribution is 5.18. The van der Waals surface area contributed by atoms with Gasteiger partial charge in [0.05, 0.1) is 12.6 Å². The molecule has 1 aliphatic carbocycles. The largest absolute Gasteiger partial charge is 0.343 e. The van der Waals surface area contributed by atoms with Crippen molar-refractivity contribution in [2.75, 3.05) is 6.54 Å². The van der Waals surface area contributed by atoms with Crippen LogP contribution >= 0.6 is 0 Å². The standard InChI is InChI=1S/C14H21N/c1-12(13-7-3-2-4-8-13)11-15-14-9-5-6-10-14/h2-4,7-8,12,14-15H,5-6,9-11H2,1H3/p+1/t12-/m1/s1. The zero-order valence-electron chi connectivity index (χ0n) is 9.65. The van der Waals surface area contributed by atoms with Gasteiger partial charge < -0.3 is 5.32 Å². The molecule has 0 amide bonds. The van der Waals surface area contributed by atoms with Gasteiger partial charge in [-0.2, -0.15) is 0 Å². The molecule has 1 heteroatoms. The van der Waals surface area contributed by atoms with Gasteiger partial charge in [-0.15, -0.1) is 0 Å². The molecule has 0 aromatic heterocycles. The molecule has 0 bridgehead atoms. The first kappa shape index (κ1) is 10.7. The maximum atomic E-state index is 2.56. The van der Waals surface area contributed by atoms with Crippen LogP contribution in [0.1, 0.15) is 44.1 Å². The van der Waals surface area contributed by atoms with E-state index in [1.807, 2.05) is 0 Å². The number of hydrogen-bond acceptors (Lipinski definition) is 0. The first-order valence-electron chi connectivity index (χ1n) is 6.24. The molecule has 1 fully saturated rings. The Bertz CT molecular complexity index is 275. The fraction of sp³-hybridized carbons (Fsp3) is 0.571. The van der Waals surface area contributed by atoms with E-state index in [0.29, 0.717) is 5.92 Å². The van der Waals surface area contributed by atoms with Crippen LogP contribution in [0.5, 0.6) is 0 Å². The van der Waals surface area contributed by atoms with Crippen molar-refractivity contribution < 1.29 is 5.32 Å². The van der Waals surface area contributed by atoms with Gasteiger partial charge in [0.25, 0.3) is 0 Å². The fourth-order valence-corrected chi connectivity index (χ4v) is 2.51. The van der Waals surface area contributed by atoms with Gasteiger partial charge in [-0.05, 0) is 31.2 Å². The number of quaternary nitrogens is 1. The fourth-order valence-electron chi connectivity index (χ4n) is 2.51. The highest BCUT2D eigenvalue weighted by atomic mass is 14.9. The number of hydrogen-bond donors (Lipinski definition) is 1. The van der Waals surface area contributed by atoms with E-state index in [1.54, 1.807) is 0 Å². The van der Waals surface area contributed by atoms with Crippen LogP contribution in [-0.2, 0) is 0 Å². The summed E-state index contributed by atoms with van der Waals surface area (Å²) in [6, 6.07) is 11.8. The summed E-state index contributed by atoms with van der Waals surface area (Å²) in [6.07, 6.45) is 5.75. The van der Waals surface area contributed by atoms with Crippen molar-refractivity contribution >= 4 is 0 Å². The van der Waals surface area contributed by atoms with E-state index < -0.39 is 0 Å². The maximum Gasteiger partial charge on any atom is 0.0859 e. The van der Waals surface area contributed by atoms with Crippen LogP contribution in [0.4, 0.5) is 0 Å². The lowest BCUT2D eigenvalue weighted by Crippen LogP contribution is -2.90. The Morgan fingerprint density at radius 3 is 2.53 bits per heavy atom. The van der Waals surface area contributed by atoms with Crippen LogP contribution in [0.2, 0.25) is 0 Å². The second-order valence-electron chi connectivity index (χ2n) is 4.83. The van der Waals surface area contributed by atoms with Crippen molar-refractivity contribution in [2.24, 2.45) is 0 Å². The molecule has 2 N–H and O–H groups in total. The predicted molar refractivity (Wildman–Crippen MR) is 63.9 cm³/mol. The summed E-state index contributed by atoms with van der Waals surface area (Å²) in [6.45, 7) is 3.58. The van der Waals surface area contributed by atoms with Gasteiger partial charge in [-0.25, -0.2) is 0 Å². The average molecular weight is 204 g/mol. The second-order valence-corrected chi connectivity index (χ2v) is 4.83. The monoisotopic (exact) mass is 204 g/mol. The van der Waals surface area contributed by atoms with Gasteiger partial charge in [0.15, 0.2) is 0 Å². The van der Waals surface area contributed by atoms with Crippen molar-refractivity contribution in [1.29, 1.82) is 0 Å². The van der Waals surface area contributed by atoms with Gasteiger partial charge >= 0.3 is 0 Å². The minimum Gasteiger partial charge on any atom is -0.343 e. The van der Waals surface area contributed by atoms with Crippen LogP contribution in [0.15, 0.2) is 30.3 Å². The third kappa shape index (κ3) is 3.07. The van der Waals surface area contributed by atoms with Crippen molar-refractivity contribution in [2.45, 2.75) is 44.6 Å². The van der Waals surface area contributed by atoms with Crippen LogP contribution in [0.25, 0.3) is 0 Å².